The van der Waals surface area contributed by atoms with Crippen LogP contribution >= 0.6 is 11.6 Å². The van der Waals surface area contributed by atoms with Crippen LogP contribution in [-0.4, -0.2) is 31.4 Å². The van der Waals surface area contributed by atoms with Crippen LogP contribution in [0.15, 0.2) is 73.1 Å². The maximum Gasteiger partial charge on any atom is 0.276 e. The number of nitrogens with one attached hydrogen (secondary N) is 2. The molecule has 0 aliphatic rings. The van der Waals surface area contributed by atoms with Gasteiger partial charge in [-0.25, -0.2) is 4.68 Å². The molecule has 4 aromatic rings. The molecule has 2 aromatic carbocycles. The number of carbonyl (C=O) groups is 2. The molecule has 162 valence electrons. The number of nitrogens with zero attached hydrogens (tertiary/aromatic N) is 4. The molecule has 2 aromatic heterocycles. The number of aryl methyl sites for hydroxylation is 1. The first-order chi connectivity index (χ1) is 15.5. The number of aromatic nitrogens is 4. The Hall–Kier alpha value is -4.11. The summed E-state index contributed by atoms with van der Waals surface area (Å²) in [5, 5.41) is 14.4. The van der Waals surface area contributed by atoms with Crippen molar-refractivity contribution in [1.29, 1.82) is 0 Å². The molecule has 10 heteroatoms. The highest BCUT2D eigenvalue weighted by Crippen LogP contribution is 2.17. The Balaban J connectivity index is 1.30. The number of hydrogen-bond acceptors (Lipinski definition) is 5. The van der Waals surface area contributed by atoms with Crippen LogP contribution in [0.25, 0.3) is 0 Å². The lowest BCUT2D eigenvalue weighted by Crippen LogP contribution is -2.15. The number of amides is 2. The van der Waals surface area contributed by atoms with Crippen LogP contribution < -0.4 is 15.4 Å². The normalized spacial score (nSPS) is 10.6. The molecule has 0 saturated carbocycles. The Morgan fingerprint density at radius 2 is 1.41 bits per heavy atom. The van der Waals surface area contributed by atoms with Gasteiger partial charge in [-0.2, -0.15) is 10.2 Å². The molecule has 0 unspecified atom stereocenters. The Labute approximate surface area is 188 Å². The first-order valence-electron chi connectivity index (χ1n) is 9.60. The van der Waals surface area contributed by atoms with Crippen molar-refractivity contribution < 1.29 is 14.3 Å². The highest BCUT2D eigenvalue weighted by molar-refractivity contribution is 6.30. The standard InChI is InChI=1S/C22H19ClN6O3/c1-28-12-10-19(26-28)21(30)24-16-4-6-17(7-5-16)25-22(31)20-11-13-29(27-20)14-32-18-8-2-15(23)3-9-18/h2-13H,14H2,1H3,(H,24,30)(H,25,31). The predicted octanol–water partition coefficient (Wildman–Crippen LogP) is 3.81. The number of benzene rings is 2. The molecule has 2 amide bonds. The average molecular weight is 451 g/mol. The van der Waals surface area contributed by atoms with E-state index in [1.165, 1.54) is 4.68 Å². The van der Waals surface area contributed by atoms with Gasteiger partial charge >= 0.3 is 0 Å². The third kappa shape index (κ3) is 5.32. The number of anilines is 2. The SMILES string of the molecule is Cn1ccc(C(=O)Nc2ccc(NC(=O)c3ccn(COc4ccc(Cl)cc4)n3)cc2)n1. The van der Waals surface area contributed by atoms with Gasteiger partial charge in [0.1, 0.15) is 5.75 Å². The van der Waals surface area contributed by atoms with E-state index in [4.69, 9.17) is 16.3 Å². The number of hydrogen-bond donors (Lipinski definition) is 2. The fourth-order valence-electron chi connectivity index (χ4n) is 2.79. The zero-order valence-electron chi connectivity index (χ0n) is 17.0. The van der Waals surface area contributed by atoms with Crippen LogP contribution in [0.2, 0.25) is 5.02 Å². The van der Waals surface area contributed by atoms with Crippen molar-refractivity contribution in [3.8, 4) is 5.75 Å². The van der Waals surface area contributed by atoms with Crippen LogP contribution in [0.3, 0.4) is 0 Å². The lowest BCUT2D eigenvalue weighted by atomic mass is 10.2. The monoisotopic (exact) mass is 450 g/mol. The zero-order chi connectivity index (χ0) is 22.5. The third-order valence-corrected chi connectivity index (χ3v) is 4.65. The minimum absolute atomic E-state index is 0.152. The molecular weight excluding hydrogens is 432 g/mol. The molecular formula is C22H19ClN6O3. The van der Waals surface area contributed by atoms with E-state index >= 15 is 0 Å². The summed E-state index contributed by atoms with van der Waals surface area (Å²) in [6.07, 6.45) is 3.35. The van der Waals surface area contributed by atoms with Gasteiger partial charge in [-0.05, 0) is 60.7 Å². The second-order valence-corrected chi connectivity index (χ2v) is 7.26. The lowest BCUT2D eigenvalue weighted by Gasteiger charge is -2.07. The summed E-state index contributed by atoms with van der Waals surface area (Å²) in [5.41, 5.74) is 1.72. The number of rotatable bonds is 7. The summed E-state index contributed by atoms with van der Waals surface area (Å²) in [6, 6.07) is 16.9. The van der Waals surface area contributed by atoms with Gasteiger partial charge in [0.15, 0.2) is 18.1 Å². The smallest absolute Gasteiger partial charge is 0.276 e. The number of ether oxygens (including phenoxy) is 1. The van der Waals surface area contributed by atoms with E-state index in [0.29, 0.717) is 27.8 Å². The van der Waals surface area contributed by atoms with E-state index in [0.717, 1.165) is 0 Å². The van der Waals surface area contributed by atoms with Crippen LogP contribution in [0.5, 0.6) is 5.75 Å². The molecule has 0 fully saturated rings. The van der Waals surface area contributed by atoms with Gasteiger partial charge < -0.3 is 15.4 Å². The maximum absolute atomic E-state index is 12.5. The first-order valence-corrected chi connectivity index (χ1v) is 9.98. The molecule has 2 heterocycles. The molecule has 0 saturated heterocycles. The minimum atomic E-state index is -0.361. The Bertz CT molecular complexity index is 1230. The van der Waals surface area contributed by atoms with Gasteiger partial charge in [0.25, 0.3) is 11.8 Å². The van der Waals surface area contributed by atoms with Gasteiger partial charge in [0.2, 0.25) is 0 Å². The van der Waals surface area contributed by atoms with Crippen molar-refractivity contribution in [2.45, 2.75) is 6.73 Å². The summed E-state index contributed by atoms with van der Waals surface area (Å²) in [5.74, 6) is -0.0274. The molecule has 9 nitrogen and oxygen atoms in total. The highest BCUT2D eigenvalue weighted by atomic mass is 35.5. The number of carbonyl (C=O) groups excluding carboxylic acids is 2. The molecule has 0 aliphatic carbocycles. The van der Waals surface area contributed by atoms with E-state index in [-0.39, 0.29) is 24.2 Å². The van der Waals surface area contributed by atoms with Crippen LogP contribution in [-0.2, 0) is 13.8 Å². The summed E-state index contributed by atoms with van der Waals surface area (Å²) >= 11 is 5.85. The molecule has 0 aliphatic heterocycles. The minimum Gasteiger partial charge on any atom is -0.471 e. The summed E-state index contributed by atoms with van der Waals surface area (Å²) in [4.78, 5) is 24.6. The molecule has 32 heavy (non-hydrogen) atoms. The van der Waals surface area contributed by atoms with Crippen molar-refractivity contribution in [1.82, 2.24) is 19.6 Å². The quantitative estimate of drug-likeness (QED) is 0.445. The Kier molecular flexibility index (Phi) is 6.18. The van der Waals surface area contributed by atoms with E-state index in [1.54, 1.807) is 84.8 Å². The van der Waals surface area contributed by atoms with E-state index in [9.17, 15) is 9.59 Å². The molecule has 2 N–H and O–H groups in total. The van der Waals surface area contributed by atoms with Crippen LogP contribution in [0.4, 0.5) is 11.4 Å². The van der Waals surface area contributed by atoms with Crippen LogP contribution in [0.1, 0.15) is 21.0 Å². The predicted molar refractivity (Wildman–Crippen MR) is 120 cm³/mol. The highest BCUT2D eigenvalue weighted by Gasteiger charge is 2.12. The van der Waals surface area contributed by atoms with Gasteiger partial charge in [-0.1, -0.05) is 11.6 Å². The topological polar surface area (TPSA) is 103 Å². The van der Waals surface area contributed by atoms with E-state index in [2.05, 4.69) is 20.8 Å². The van der Waals surface area contributed by atoms with Gasteiger partial charge in [-0.3, -0.25) is 14.3 Å². The summed E-state index contributed by atoms with van der Waals surface area (Å²) in [7, 11) is 1.74. The van der Waals surface area contributed by atoms with Crippen molar-refractivity contribution in [3.05, 3.63) is 89.5 Å². The second-order valence-electron chi connectivity index (χ2n) is 6.83. The van der Waals surface area contributed by atoms with Gasteiger partial charge in [0.05, 0.1) is 0 Å². The van der Waals surface area contributed by atoms with Gasteiger partial charge in [0, 0.05) is 35.8 Å². The molecule has 0 bridgehead atoms. The number of halogens is 1. The third-order valence-electron chi connectivity index (χ3n) is 4.40. The Morgan fingerprint density at radius 3 is 1.97 bits per heavy atom. The largest absolute Gasteiger partial charge is 0.471 e. The maximum atomic E-state index is 12.5. The zero-order valence-corrected chi connectivity index (χ0v) is 17.8. The molecule has 4 rings (SSSR count). The Morgan fingerprint density at radius 1 is 0.844 bits per heavy atom. The van der Waals surface area contributed by atoms with E-state index in [1.807, 2.05) is 0 Å². The van der Waals surface area contributed by atoms with E-state index < -0.39 is 0 Å². The van der Waals surface area contributed by atoms with Crippen LogP contribution in [0, 0.1) is 0 Å². The lowest BCUT2D eigenvalue weighted by molar-refractivity contribution is 0.101. The fraction of sp³-hybridized carbons (Fsp3) is 0.0909. The van der Waals surface area contributed by atoms with Crippen molar-refractivity contribution >= 4 is 34.8 Å². The molecule has 0 atom stereocenters. The summed E-state index contributed by atoms with van der Waals surface area (Å²) < 4.78 is 8.67. The average Bonchev–Trinajstić information content (AvgIpc) is 3.44. The molecule has 0 radical (unpaired) electrons. The van der Waals surface area contributed by atoms with Crippen molar-refractivity contribution in [2.24, 2.45) is 7.05 Å². The summed E-state index contributed by atoms with van der Waals surface area (Å²) in [6.45, 7) is 0.152. The first kappa shape index (κ1) is 21.1. The van der Waals surface area contributed by atoms with Crippen molar-refractivity contribution in [3.63, 3.8) is 0 Å². The fourth-order valence-corrected chi connectivity index (χ4v) is 2.92. The van der Waals surface area contributed by atoms with Gasteiger partial charge in [-0.15, -0.1) is 0 Å². The second kappa shape index (κ2) is 9.36. The molecule has 0 spiro atoms. The van der Waals surface area contributed by atoms with Crippen molar-refractivity contribution in [2.75, 3.05) is 10.6 Å².